The summed E-state index contributed by atoms with van der Waals surface area (Å²) >= 11 is 3.27. The number of halogens is 1. The highest BCUT2D eigenvalue weighted by molar-refractivity contribution is 9.09. The molecule has 0 aromatic heterocycles. The molecule has 1 saturated heterocycles. The molecule has 88 valence electrons. The van der Waals surface area contributed by atoms with E-state index in [9.17, 15) is 4.79 Å². The lowest BCUT2D eigenvalue weighted by Crippen LogP contribution is -3.15. The van der Waals surface area contributed by atoms with Crippen LogP contribution in [0.5, 0.6) is 0 Å². The molecule has 4 nitrogen and oxygen atoms in total. The van der Waals surface area contributed by atoms with Gasteiger partial charge in [-0.25, -0.2) is 0 Å². The summed E-state index contributed by atoms with van der Waals surface area (Å²) in [7, 11) is 0. The number of alkyl halides is 1. The second-order valence-corrected chi connectivity index (χ2v) is 4.62. The number of esters is 1. The van der Waals surface area contributed by atoms with Crippen LogP contribution in [-0.4, -0.2) is 50.6 Å². The van der Waals surface area contributed by atoms with E-state index in [4.69, 9.17) is 4.74 Å². The topological polar surface area (TPSA) is 42.8 Å². The van der Waals surface area contributed by atoms with Gasteiger partial charge in [0.15, 0.2) is 0 Å². The Kier molecular flexibility index (Phi) is 6.20. The third-order valence-corrected chi connectivity index (χ3v) is 3.62. The van der Waals surface area contributed by atoms with E-state index in [2.05, 4.69) is 21.2 Å². The molecule has 0 radical (unpaired) electrons. The maximum Gasteiger partial charge on any atom is 0.309 e. The number of quaternary nitrogens is 1. The van der Waals surface area contributed by atoms with Gasteiger partial charge in [-0.15, -0.1) is 0 Å². The molecule has 1 aliphatic rings. The molecule has 15 heavy (non-hydrogen) atoms. The monoisotopic (exact) mass is 279 g/mol. The molecule has 1 rings (SSSR count). The van der Waals surface area contributed by atoms with E-state index >= 15 is 0 Å². The van der Waals surface area contributed by atoms with Gasteiger partial charge in [-0.3, -0.25) is 4.79 Å². The molecule has 2 N–H and O–H groups in total. The molecule has 1 heterocycles. The van der Waals surface area contributed by atoms with Crippen LogP contribution < -0.4 is 10.2 Å². The standard InChI is InChI=1S/C10H19BrN2O2/c1-9(8-11)10(14)15-7-6-13-4-2-12-3-5-13/h9,12H,2-8H2,1H3/p+1. The largest absolute Gasteiger partial charge is 0.459 e. The van der Waals surface area contributed by atoms with E-state index in [1.54, 1.807) is 0 Å². The highest BCUT2D eigenvalue weighted by atomic mass is 79.9. The van der Waals surface area contributed by atoms with Crippen molar-refractivity contribution in [2.75, 3.05) is 44.7 Å². The summed E-state index contributed by atoms with van der Waals surface area (Å²) < 4.78 is 5.19. The first-order valence-electron chi connectivity index (χ1n) is 5.51. The zero-order valence-electron chi connectivity index (χ0n) is 9.22. The fourth-order valence-electron chi connectivity index (χ4n) is 1.53. The highest BCUT2D eigenvalue weighted by Crippen LogP contribution is 2.01. The number of carbonyl (C=O) groups excluding carboxylic acids is 1. The lowest BCUT2D eigenvalue weighted by molar-refractivity contribution is -0.902. The van der Waals surface area contributed by atoms with Gasteiger partial charge < -0.3 is 15.0 Å². The van der Waals surface area contributed by atoms with Gasteiger partial charge in [-0.05, 0) is 0 Å². The molecule has 0 bridgehead atoms. The molecule has 0 aromatic carbocycles. The van der Waals surface area contributed by atoms with Crippen LogP contribution in [0.2, 0.25) is 0 Å². The molecule has 1 atom stereocenters. The maximum absolute atomic E-state index is 11.3. The van der Waals surface area contributed by atoms with Gasteiger partial charge in [0.25, 0.3) is 0 Å². The van der Waals surface area contributed by atoms with Gasteiger partial charge in [0.05, 0.1) is 19.0 Å². The van der Waals surface area contributed by atoms with Crippen LogP contribution in [-0.2, 0) is 9.53 Å². The summed E-state index contributed by atoms with van der Waals surface area (Å²) in [4.78, 5) is 12.9. The molecular weight excluding hydrogens is 260 g/mol. The van der Waals surface area contributed by atoms with Crippen LogP contribution in [0.3, 0.4) is 0 Å². The molecular formula is C10H20BrN2O2+. The van der Waals surface area contributed by atoms with E-state index in [0.717, 1.165) is 32.7 Å². The first-order valence-corrected chi connectivity index (χ1v) is 6.63. The highest BCUT2D eigenvalue weighted by Gasteiger charge is 2.15. The van der Waals surface area contributed by atoms with Gasteiger partial charge in [0.2, 0.25) is 0 Å². The summed E-state index contributed by atoms with van der Waals surface area (Å²) in [6.45, 7) is 7.75. The number of nitrogens with one attached hydrogen (secondary N) is 2. The van der Waals surface area contributed by atoms with Crippen LogP contribution in [0, 0.1) is 5.92 Å². The predicted octanol–water partition coefficient (Wildman–Crippen LogP) is -0.951. The molecule has 1 aliphatic heterocycles. The first-order chi connectivity index (χ1) is 7.24. The van der Waals surface area contributed by atoms with Crippen molar-refractivity contribution in [1.82, 2.24) is 5.32 Å². The van der Waals surface area contributed by atoms with E-state index in [0.29, 0.717) is 11.9 Å². The molecule has 0 aromatic rings. The summed E-state index contributed by atoms with van der Waals surface area (Å²) in [5.74, 6) is -0.135. The van der Waals surface area contributed by atoms with Crippen LogP contribution in [0.1, 0.15) is 6.92 Å². The zero-order chi connectivity index (χ0) is 11.1. The molecule has 0 amide bonds. The Morgan fingerprint density at radius 2 is 2.20 bits per heavy atom. The Morgan fingerprint density at radius 3 is 2.80 bits per heavy atom. The number of hydrogen-bond donors (Lipinski definition) is 2. The van der Waals surface area contributed by atoms with Crippen LogP contribution in [0.15, 0.2) is 0 Å². The van der Waals surface area contributed by atoms with Gasteiger partial charge in [-0.2, -0.15) is 0 Å². The number of ether oxygens (including phenoxy) is 1. The normalized spacial score (nSPS) is 19.9. The zero-order valence-corrected chi connectivity index (χ0v) is 10.8. The van der Waals surface area contributed by atoms with Crippen molar-refractivity contribution >= 4 is 21.9 Å². The van der Waals surface area contributed by atoms with Crippen molar-refractivity contribution in [1.29, 1.82) is 0 Å². The first kappa shape index (κ1) is 12.9. The van der Waals surface area contributed by atoms with Crippen molar-refractivity contribution in [2.24, 2.45) is 5.92 Å². The quantitative estimate of drug-likeness (QED) is 0.504. The maximum atomic E-state index is 11.3. The van der Waals surface area contributed by atoms with Crippen molar-refractivity contribution < 1.29 is 14.4 Å². The van der Waals surface area contributed by atoms with Gasteiger partial charge in [0, 0.05) is 18.4 Å². The van der Waals surface area contributed by atoms with E-state index < -0.39 is 0 Å². The third kappa shape index (κ3) is 4.95. The summed E-state index contributed by atoms with van der Waals surface area (Å²) in [6, 6.07) is 0. The predicted molar refractivity (Wildman–Crippen MR) is 62.4 cm³/mol. The number of carbonyl (C=O) groups is 1. The van der Waals surface area contributed by atoms with Gasteiger partial charge in [0.1, 0.15) is 13.2 Å². The van der Waals surface area contributed by atoms with Crippen molar-refractivity contribution in [3.05, 3.63) is 0 Å². The Bertz CT molecular complexity index is 196. The molecule has 0 spiro atoms. The summed E-state index contributed by atoms with van der Waals surface area (Å²) in [5, 5.41) is 3.98. The van der Waals surface area contributed by atoms with Gasteiger partial charge >= 0.3 is 5.97 Å². The molecule has 1 fully saturated rings. The van der Waals surface area contributed by atoms with Gasteiger partial charge in [-0.1, -0.05) is 22.9 Å². The van der Waals surface area contributed by atoms with Crippen molar-refractivity contribution in [3.63, 3.8) is 0 Å². The molecule has 0 saturated carbocycles. The Balaban J connectivity index is 2.07. The van der Waals surface area contributed by atoms with Crippen molar-refractivity contribution in [3.8, 4) is 0 Å². The minimum atomic E-state index is -0.0959. The minimum absolute atomic E-state index is 0.0389. The fourth-order valence-corrected chi connectivity index (χ4v) is 1.80. The van der Waals surface area contributed by atoms with Crippen LogP contribution >= 0.6 is 15.9 Å². The number of hydrogen-bond acceptors (Lipinski definition) is 3. The molecule has 0 aliphatic carbocycles. The van der Waals surface area contributed by atoms with E-state index in [1.807, 2.05) is 6.92 Å². The second-order valence-electron chi connectivity index (χ2n) is 3.97. The Labute approximate surface area is 99.5 Å². The number of rotatable bonds is 5. The Morgan fingerprint density at radius 1 is 1.53 bits per heavy atom. The fraction of sp³-hybridized carbons (Fsp3) is 0.900. The van der Waals surface area contributed by atoms with Crippen molar-refractivity contribution in [2.45, 2.75) is 6.92 Å². The smallest absolute Gasteiger partial charge is 0.309 e. The number of piperazine rings is 1. The minimum Gasteiger partial charge on any atom is -0.459 e. The molecule has 5 heteroatoms. The second kappa shape index (κ2) is 7.19. The summed E-state index contributed by atoms with van der Waals surface area (Å²) in [6.07, 6.45) is 0. The average Bonchev–Trinajstić information content (AvgIpc) is 2.29. The molecule has 1 unspecified atom stereocenters. The van der Waals surface area contributed by atoms with E-state index in [-0.39, 0.29) is 11.9 Å². The van der Waals surface area contributed by atoms with Crippen LogP contribution in [0.25, 0.3) is 0 Å². The lowest BCUT2D eigenvalue weighted by Gasteiger charge is -2.24. The Hall–Kier alpha value is -0.130. The average molecular weight is 280 g/mol. The lowest BCUT2D eigenvalue weighted by atomic mass is 10.2. The van der Waals surface area contributed by atoms with E-state index in [1.165, 1.54) is 4.90 Å². The SMILES string of the molecule is CC(CBr)C(=O)OCC[NH+]1CCNCC1. The van der Waals surface area contributed by atoms with Crippen LogP contribution in [0.4, 0.5) is 0 Å². The summed E-state index contributed by atoms with van der Waals surface area (Å²) in [5.41, 5.74) is 0. The third-order valence-electron chi connectivity index (χ3n) is 2.64.